The molecule has 2 atom stereocenters. The third kappa shape index (κ3) is 6.27. The smallest absolute Gasteiger partial charge is 0.387 e. The monoisotopic (exact) mass is 335 g/mol. The van der Waals surface area contributed by atoms with Crippen molar-refractivity contribution in [3.8, 4) is 0 Å². The second-order valence-electron chi connectivity index (χ2n) is 5.42. The highest BCUT2D eigenvalue weighted by atomic mass is 32.2. The van der Waals surface area contributed by atoms with E-state index in [1.165, 1.54) is 43.0 Å². The van der Waals surface area contributed by atoms with E-state index in [4.69, 9.17) is 0 Å². The van der Waals surface area contributed by atoms with E-state index >= 15 is 0 Å². The fourth-order valence-corrected chi connectivity index (χ4v) is 2.74. The van der Waals surface area contributed by atoms with Crippen molar-refractivity contribution in [2.75, 3.05) is 18.6 Å². The summed E-state index contributed by atoms with van der Waals surface area (Å²) in [5, 5.41) is 12.3. The number of nitrogens with one attached hydrogen (secondary N) is 1. The number of hydrogen-bond donors (Lipinski definition) is 2. The number of aliphatic hydroxyl groups is 1. The molecule has 0 fully saturated rings. The maximum Gasteiger partial charge on any atom is 0.396 e. The van der Waals surface area contributed by atoms with Gasteiger partial charge in [-0.3, -0.25) is 4.79 Å². The van der Waals surface area contributed by atoms with Crippen molar-refractivity contribution in [1.29, 1.82) is 0 Å². The average Bonchev–Trinajstić information content (AvgIpc) is 2.42. The van der Waals surface area contributed by atoms with Crippen LogP contribution in [0.3, 0.4) is 0 Å². The zero-order valence-corrected chi connectivity index (χ0v) is 13.3. The summed E-state index contributed by atoms with van der Waals surface area (Å²) in [6.07, 6.45) is -3.39. The van der Waals surface area contributed by atoms with Crippen LogP contribution in [-0.2, 0) is 4.79 Å². The Morgan fingerprint density at radius 1 is 1.32 bits per heavy atom. The lowest BCUT2D eigenvalue weighted by Crippen LogP contribution is -2.43. The molecule has 0 spiro atoms. The fourth-order valence-electron chi connectivity index (χ4n) is 2.02. The van der Waals surface area contributed by atoms with E-state index < -0.39 is 30.0 Å². The van der Waals surface area contributed by atoms with Crippen LogP contribution in [0.15, 0.2) is 30.3 Å². The molecule has 1 aromatic carbocycles. The van der Waals surface area contributed by atoms with E-state index in [1.54, 1.807) is 12.3 Å². The van der Waals surface area contributed by atoms with Gasteiger partial charge in [0.1, 0.15) is 0 Å². The number of carbonyl (C=O) groups is 1. The van der Waals surface area contributed by atoms with Gasteiger partial charge in [0.2, 0.25) is 5.91 Å². The number of halogens is 3. The highest BCUT2D eigenvalue weighted by Gasteiger charge is 2.41. The van der Waals surface area contributed by atoms with Crippen molar-refractivity contribution in [3.63, 3.8) is 0 Å². The van der Waals surface area contributed by atoms with Crippen LogP contribution in [0.2, 0.25) is 0 Å². The minimum atomic E-state index is -4.50. The first-order valence-electron chi connectivity index (χ1n) is 6.75. The quantitative estimate of drug-likeness (QED) is 0.805. The third-order valence-electron chi connectivity index (χ3n) is 3.11. The first kappa shape index (κ1) is 18.8. The molecule has 7 heteroatoms. The molecule has 1 aromatic rings. The van der Waals surface area contributed by atoms with Crippen LogP contribution in [0, 0.1) is 0 Å². The van der Waals surface area contributed by atoms with Crippen LogP contribution in [0.4, 0.5) is 13.2 Å². The molecule has 1 rings (SSSR count). The van der Waals surface area contributed by atoms with Crippen molar-refractivity contribution >= 4 is 17.7 Å². The first-order chi connectivity index (χ1) is 10.2. The minimum absolute atomic E-state index is 0.0565. The van der Waals surface area contributed by atoms with Gasteiger partial charge in [0.25, 0.3) is 0 Å². The van der Waals surface area contributed by atoms with Gasteiger partial charge < -0.3 is 10.4 Å². The Kier molecular flexibility index (Phi) is 6.74. The molecule has 2 unspecified atom stereocenters. The van der Waals surface area contributed by atoms with Gasteiger partial charge >= 0.3 is 6.18 Å². The normalized spacial score (nSPS) is 15.9. The molecule has 0 aromatic heterocycles. The number of amides is 1. The summed E-state index contributed by atoms with van der Waals surface area (Å²) in [6.45, 7) is 1.45. The van der Waals surface area contributed by atoms with E-state index in [2.05, 4.69) is 5.32 Å². The number of thioether (sulfide) groups is 1. The number of carbonyl (C=O) groups excluding carboxylic acids is 1. The summed E-state index contributed by atoms with van der Waals surface area (Å²) < 4.78 is 39.4. The molecule has 22 heavy (non-hydrogen) atoms. The first-order valence-corrected chi connectivity index (χ1v) is 8.15. The van der Waals surface area contributed by atoms with E-state index in [1.807, 2.05) is 0 Å². The molecule has 0 aliphatic carbocycles. The summed E-state index contributed by atoms with van der Waals surface area (Å²) >= 11 is 1.39. The van der Waals surface area contributed by atoms with Gasteiger partial charge in [0, 0.05) is 18.7 Å². The highest BCUT2D eigenvalue weighted by molar-refractivity contribution is 7.98. The molecule has 124 valence electrons. The van der Waals surface area contributed by atoms with E-state index in [9.17, 15) is 23.1 Å². The van der Waals surface area contributed by atoms with Crippen LogP contribution in [0.5, 0.6) is 0 Å². The number of hydrogen-bond acceptors (Lipinski definition) is 3. The predicted molar refractivity (Wildman–Crippen MR) is 81.9 cm³/mol. The van der Waals surface area contributed by atoms with Gasteiger partial charge in [0.05, 0.1) is 11.5 Å². The Morgan fingerprint density at radius 2 is 1.91 bits per heavy atom. The highest BCUT2D eigenvalue weighted by Crippen LogP contribution is 2.37. The van der Waals surface area contributed by atoms with Gasteiger partial charge in [0.15, 0.2) is 0 Å². The second kappa shape index (κ2) is 7.87. The van der Waals surface area contributed by atoms with Crippen molar-refractivity contribution in [2.24, 2.45) is 0 Å². The molecular formula is C15H20F3NO2S. The van der Waals surface area contributed by atoms with Crippen molar-refractivity contribution in [1.82, 2.24) is 5.32 Å². The summed E-state index contributed by atoms with van der Waals surface area (Å²) in [5.41, 5.74) is -1.09. The Hall–Kier alpha value is -1.21. The van der Waals surface area contributed by atoms with Gasteiger partial charge in [-0.15, -0.1) is 0 Å². The van der Waals surface area contributed by atoms with Gasteiger partial charge in [-0.2, -0.15) is 24.9 Å². The number of rotatable bonds is 7. The molecule has 0 saturated carbocycles. The molecule has 0 bridgehead atoms. The molecule has 0 saturated heterocycles. The second-order valence-corrected chi connectivity index (χ2v) is 6.28. The Labute approximate surface area is 132 Å². The fraction of sp³-hybridized carbons (Fsp3) is 0.533. The Balaban J connectivity index is 2.70. The van der Waals surface area contributed by atoms with Crippen molar-refractivity contribution in [2.45, 2.75) is 31.0 Å². The zero-order valence-electron chi connectivity index (χ0n) is 12.5. The van der Waals surface area contributed by atoms with Gasteiger partial charge in [-0.25, -0.2) is 0 Å². The molecule has 1 amide bonds. The lowest BCUT2D eigenvalue weighted by molar-refractivity contribution is -0.157. The van der Waals surface area contributed by atoms with Crippen molar-refractivity contribution < 1.29 is 23.1 Å². The average molecular weight is 335 g/mol. The predicted octanol–water partition coefficient (Wildman–Crippen LogP) is 2.95. The molecule has 0 aliphatic rings. The Bertz CT molecular complexity index is 477. The molecular weight excluding hydrogens is 315 g/mol. The van der Waals surface area contributed by atoms with Crippen LogP contribution in [0.1, 0.15) is 24.8 Å². The van der Waals surface area contributed by atoms with Crippen LogP contribution < -0.4 is 5.32 Å². The number of alkyl halides is 3. The SMILES string of the molecule is CSCC(C)(O)CNC(=O)CC(c1ccccc1)C(F)(F)F. The maximum absolute atomic E-state index is 13.1. The molecule has 2 N–H and O–H groups in total. The van der Waals surface area contributed by atoms with Gasteiger partial charge in [-0.05, 0) is 18.7 Å². The van der Waals surface area contributed by atoms with Crippen LogP contribution >= 0.6 is 11.8 Å². The topological polar surface area (TPSA) is 49.3 Å². The lowest BCUT2D eigenvalue weighted by atomic mass is 9.94. The van der Waals surface area contributed by atoms with E-state index in [0.717, 1.165) is 0 Å². The zero-order chi connectivity index (χ0) is 16.8. The molecule has 3 nitrogen and oxygen atoms in total. The van der Waals surface area contributed by atoms with Crippen LogP contribution in [-0.4, -0.2) is 41.3 Å². The van der Waals surface area contributed by atoms with Crippen LogP contribution in [0.25, 0.3) is 0 Å². The summed E-state index contributed by atoms with van der Waals surface area (Å²) in [7, 11) is 0. The molecule has 0 radical (unpaired) electrons. The summed E-state index contributed by atoms with van der Waals surface area (Å²) in [4.78, 5) is 11.8. The maximum atomic E-state index is 13.1. The standard InChI is InChI=1S/C15H20F3NO2S/c1-14(21,10-22-2)9-19-13(20)8-12(15(16,17)18)11-6-4-3-5-7-11/h3-7,12,21H,8-10H2,1-2H3,(H,19,20). The number of benzene rings is 1. The van der Waals surface area contributed by atoms with E-state index in [-0.39, 0.29) is 12.1 Å². The largest absolute Gasteiger partial charge is 0.396 e. The van der Waals surface area contributed by atoms with Gasteiger partial charge in [-0.1, -0.05) is 30.3 Å². The Morgan fingerprint density at radius 3 is 2.41 bits per heavy atom. The lowest BCUT2D eigenvalue weighted by Gasteiger charge is -2.24. The minimum Gasteiger partial charge on any atom is -0.387 e. The van der Waals surface area contributed by atoms with E-state index in [0.29, 0.717) is 5.75 Å². The molecule has 0 aliphatic heterocycles. The summed E-state index contributed by atoms with van der Waals surface area (Å²) in [6, 6.07) is 7.35. The van der Waals surface area contributed by atoms with Crippen molar-refractivity contribution in [3.05, 3.63) is 35.9 Å². The molecule has 0 heterocycles. The third-order valence-corrected chi connectivity index (χ3v) is 4.02. The summed E-state index contributed by atoms with van der Waals surface area (Å²) in [5.74, 6) is -2.19.